The zero-order valence-corrected chi connectivity index (χ0v) is 9.93. The van der Waals surface area contributed by atoms with Gasteiger partial charge < -0.3 is 4.74 Å². The zero-order chi connectivity index (χ0) is 13.2. The molecule has 0 heterocycles. The Balaban J connectivity index is 1.98. The van der Waals surface area contributed by atoms with Gasteiger partial charge in [-0.05, 0) is 22.3 Å². The van der Waals surface area contributed by atoms with Gasteiger partial charge in [0.25, 0.3) is 0 Å². The van der Waals surface area contributed by atoms with Gasteiger partial charge in [-0.3, -0.25) is 4.79 Å². The van der Waals surface area contributed by atoms with Crippen molar-refractivity contribution in [3.05, 3.63) is 59.7 Å². The summed E-state index contributed by atoms with van der Waals surface area (Å²) >= 11 is 0. The highest BCUT2D eigenvalue weighted by atomic mass is 16.5. The maximum Gasteiger partial charge on any atom is 0.302 e. The molecule has 0 aliphatic heterocycles. The van der Waals surface area contributed by atoms with Crippen molar-refractivity contribution in [1.82, 2.24) is 0 Å². The number of ether oxygens (including phenoxy) is 1. The summed E-state index contributed by atoms with van der Waals surface area (Å²) in [5, 5.41) is 0. The molecule has 0 radical (unpaired) electrons. The molecule has 0 bridgehead atoms. The third-order valence-electron chi connectivity index (χ3n) is 3.37. The summed E-state index contributed by atoms with van der Waals surface area (Å²) in [6, 6.07) is 16.4. The average molecular weight is 239 g/mol. The first-order valence-corrected chi connectivity index (χ1v) is 5.94. The second-order valence-corrected chi connectivity index (χ2v) is 4.41. The van der Waals surface area contributed by atoms with Crippen molar-refractivity contribution in [2.24, 2.45) is 0 Å². The Hall–Kier alpha value is -2.09. The topological polar surface area (TPSA) is 26.3 Å². The van der Waals surface area contributed by atoms with Crippen LogP contribution in [-0.4, -0.2) is 12.6 Å². The second-order valence-electron chi connectivity index (χ2n) is 4.41. The molecule has 0 spiro atoms. The first kappa shape index (κ1) is 9.89. The number of carbonyl (C=O) groups is 1. The van der Waals surface area contributed by atoms with Crippen molar-refractivity contribution in [2.45, 2.75) is 12.8 Å². The Morgan fingerprint density at radius 3 is 2.22 bits per heavy atom. The molecule has 2 aromatic carbocycles. The van der Waals surface area contributed by atoms with Crippen LogP contribution in [0, 0.1) is 0 Å². The van der Waals surface area contributed by atoms with Crippen molar-refractivity contribution in [2.75, 3.05) is 6.61 Å². The smallest absolute Gasteiger partial charge is 0.302 e. The van der Waals surface area contributed by atoms with E-state index in [1.165, 1.54) is 22.3 Å². The van der Waals surface area contributed by atoms with Gasteiger partial charge >= 0.3 is 5.97 Å². The van der Waals surface area contributed by atoms with Gasteiger partial charge in [0.2, 0.25) is 0 Å². The second kappa shape index (κ2) is 4.30. The highest BCUT2D eigenvalue weighted by Crippen LogP contribution is 2.44. The molecular weight excluding hydrogens is 224 g/mol. The van der Waals surface area contributed by atoms with E-state index in [1.807, 2.05) is 24.3 Å². The molecule has 0 atom stereocenters. The maximum absolute atomic E-state index is 11.2. The highest BCUT2D eigenvalue weighted by Gasteiger charge is 2.28. The average Bonchev–Trinajstić information content (AvgIpc) is 2.79. The number of carbonyl (C=O) groups excluding carboxylic acids is 1. The van der Waals surface area contributed by atoms with Gasteiger partial charge in [0.15, 0.2) is 0 Å². The lowest BCUT2D eigenvalue weighted by Crippen LogP contribution is -2.09. The van der Waals surface area contributed by atoms with Gasteiger partial charge in [0.05, 0.1) is 0 Å². The summed E-state index contributed by atoms with van der Waals surface area (Å²) in [6.07, 6.45) is 0. The summed E-state index contributed by atoms with van der Waals surface area (Å²) in [4.78, 5) is 11.2. The van der Waals surface area contributed by atoms with Crippen molar-refractivity contribution in [1.29, 1.82) is 0 Å². The number of fused-ring (bicyclic) bond motifs is 3. The maximum atomic E-state index is 11.2. The molecule has 0 fully saturated rings. The van der Waals surface area contributed by atoms with E-state index in [9.17, 15) is 4.79 Å². The van der Waals surface area contributed by atoms with E-state index >= 15 is 0 Å². The fraction of sp³-hybridized carbons (Fsp3) is 0.188. The van der Waals surface area contributed by atoms with Gasteiger partial charge in [-0.25, -0.2) is 0 Å². The lowest BCUT2D eigenvalue weighted by Gasteiger charge is -2.12. The SMILES string of the molecule is [2H]CC(=O)OCC1c2ccccc2-c2ccccc21. The van der Waals surface area contributed by atoms with Crippen LogP contribution in [0.2, 0.25) is 0 Å². The van der Waals surface area contributed by atoms with E-state index in [2.05, 4.69) is 24.3 Å². The third kappa shape index (κ3) is 1.70. The molecule has 0 saturated heterocycles. The van der Waals surface area contributed by atoms with Crippen LogP contribution in [0.25, 0.3) is 11.1 Å². The van der Waals surface area contributed by atoms with Crippen molar-refractivity contribution in [3.8, 4) is 11.1 Å². The molecule has 2 aromatic rings. The van der Waals surface area contributed by atoms with Crippen molar-refractivity contribution in [3.63, 3.8) is 0 Å². The normalized spacial score (nSPS) is 13.7. The summed E-state index contributed by atoms with van der Waals surface area (Å²) in [6.45, 7) is -0.0121. The van der Waals surface area contributed by atoms with Crippen LogP contribution in [0.15, 0.2) is 48.5 Å². The minimum Gasteiger partial charge on any atom is -0.465 e. The molecule has 1 aliphatic carbocycles. The van der Waals surface area contributed by atoms with Gasteiger partial charge in [-0.1, -0.05) is 48.5 Å². The monoisotopic (exact) mass is 239 g/mol. The molecule has 0 amide bonds. The van der Waals surface area contributed by atoms with E-state index < -0.39 is 5.97 Å². The van der Waals surface area contributed by atoms with Crippen LogP contribution in [0.4, 0.5) is 0 Å². The van der Waals surface area contributed by atoms with Gasteiger partial charge in [0, 0.05) is 14.2 Å². The Morgan fingerprint density at radius 1 is 1.11 bits per heavy atom. The van der Waals surface area contributed by atoms with E-state index in [1.54, 1.807) is 0 Å². The fourth-order valence-electron chi connectivity index (χ4n) is 2.62. The number of hydrogen-bond acceptors (Lipinski definition) is 2. The molecule has 0 saturated carbocycles. The summed E-state index contributed by atoms with van der Waals surface area (Å²) in [5.74, 6) is -0.384. The molecule has 2 heteroatoms. The standard InChI is InChI=1S/C16H14O2/c1-11(17)18-10-16-14-8-4-2-6-12(14)13-7-3-5-9-15(13)16/h2-9,16H,10H2,1H3/i1D. The Morgan fingerprint density at radius 2 is 1.67 bits per heavy atom. The number of benzene rings is 2. The van der Waals surface area contributed by atoms with Crippen LogP contribution < -0.4 is 0 Å². The van der Waals surface area contributed by atoms with E-state index in [4.69, 9.17) is 6.11 Å². The summed E-state index contributed by atoms with van der Waals surface area (Å²) < 4.78 is 12.2. The molecule has 1 aliphatic rings. The zero-order valence-electron chi connectivity index (χ0n) is 10.9. The van der Waals surface area contributed by atoms with Crippen LogP contribution >= 0.6 is 0 Å². The predicted molar refractivity (Wildman–Crippen MR) is 70.4 cm³/mol. The highest BCUT2D eigenvalue weighted by molar-refractivity contribution is 5.79. The van der Waals surface area contributed by atoms with Crippen LogP contribution in [0.1, 0.15) is 25.3 Å². The Kier molecular flexibility index (Phi) is 2.36. The molecular formula is C16H14O2. The van der Waals surface area contributed by atoms with Crippen molar-refractivity contribution >= 4 is 5.97 Å². The largest absolute Gasteiger partial charge is 0.465 e. The molecule has 0 unspecified atom stereocenters. The molecule has 3 rings (SSSR count). The van der Waals surface area contributed by atoms with E-state index in [0.29, 0.717) is 6.61 Å². The summed E-state index contributed by atoms with van der Waals surface area (Å²) in [7, 11) is 0. The number of rotatable bonds is 2. The molecule has 18 heavy (non-hydrogen) atoms. The van der Waals surface area contributed by atoms with Crippen LogP contribution in [0.5, 0.6) is 0 Å². The van der Waals surface area contributed by atoms with Crippen LogP contribution in [-0.2, 0) is 9.53 Å². The fourth-order valence-corrected chi connectivity index (χ4v) is 2.62. The number of hydrogen-bond donors (Lipinski definition) is 0. The Bertz CT molecular complexity index is 576. The van der Waals surface area contributed by atoms with Gasteiger partial charge in [0.1, 0.15) is 6.61 Å². The lowest BCUT2D eigenvalue weighted by molar-refractivity contribution is -0.141. The minimum atomic E-state index is -0.470. The molecule has 0 N–H and O–H groups in total. The predicted octanol–water partition coefficient (Wildman–Crippen LogP) is 3.36. The summed E-state index contributed by atoms with van der Waals surface area (Å²) in [5.41, 5.74) is 4.82. The van der Waals surface area contributed by atoms with Crippen molar-refractivity contribution < 1.29 is 10.9 Å². The minimum absolute atomic E-state index is 0.0860. The Labute approximate surface area is 108 Å². The third-order valence-corrected chi connectivity index (χ3v) is 3.37. The van der Waals surface area contributed by atoms with Gasteiger partial charge in [-0.15, -0.1) is 0 Å². The first-order chi connectivity index (χ1) is 9.31. The first-order valence-electron chi connectivity index (χ1n) is 6.65. The van der Waals surface area contributed by atoms with Gasteiger partial charge in [-0.2, -0.15) is 0 Å². The van der Waals surface area contributed by atoms with Crippen LogP contribution in [0.3, 0.4) is 0 Å². The number of esters is 1. The van der Waals surface area contributed by atoms with E-state index in [0.717, 1.165) is 0 Å². The lowest BCUT2D eigenvalue weighted by atomic mass is 9.98. The van der Waals surface area contributed by atoms with E-state index in [-0.39, 0.29) is 12.8 Å². The molecule has 0 aromatic heterocycles. The quantitative estimate of drug-likeness (QED) is 0.751. The molecule has 90 valence electrons. The molecule has 2 nitrogen and oxygen atoms in total.